The van der Waals surface area contributed by atoms with Crippen LogP contribution in [0.15, 0.2) is 48.6 Å². The molecular formula is C35H58O6. The van der Waals surface area contributed by atoms with Crippen LogP contribution in [0.5, 0.6) is 0 Å². The van der Waals surface area contributed by atoms with Crippen molar-refractivity contribution in [1.29, 1.82) is 0 Å². The van der Waals surface area contributed by atoms with Crippen molar-refractivity contribution in [3.05, 3.63) is 48.6 Å². The van der Waals surface area contributed by atoms with Gasteiger partial charge >= 0.3 is 11.9 Å². The van der Waals surface area contributed by atoms with Gasteiger partial charge in [-0.3, -0.25) is 14.4 Å². The highest BCUT2D eigenvalue weighted by Gasteiger charge is 2.11. The van der Waals surface area contributed by atoms with Gasteiger partial charge in [-0.25, -0.2) is 0 Å². The molecule has 0 aromatic rings. The molecule has 41 heavy (non-hydrogen) atoms. The zero-order valence-electron chi connectivity index (χ0n) is 26.0. The largest absolute Gasteiger partial charge is 0.463 e. The number of rotatable bonds is 28. The zero-order valence-corrected chi connectivity index (χ0v) is 26.0. The lowest BCUT2D eigenvalue weighted by Crippen LogP contribution is -2.25. The molecule has 0 radical (unpaired) electrons. The summed E-state index contributed by atoms with van der Waals surface area (Å²) in [5, 5.41) is 9.92. The molecule has 0 fully saturated rings. The predicted octanol–water partition coefficient (Wildman–Crippen LogP) is 8.68. The molecule has 0 amide bonds. The predicted molar refractivity (Wildman–Crippen MR) is 169 cm³/mol. The number of ketones is 1. The van der Waals surface area contributed by atoms with Crippen molar-refractivity contribution in [3.63, 3.8) is 0 Å². The normalized spacial score (nSPS) is 12.7. The van der Waals surface area contributed by atoms with Crippen LogP contribution >= 0.6 is 0 Å². The van der Waals surface area contributed by atoms with Crippen molar-refractivity contribution in [1.82, 2.24) is 0 Å². The number of hydrogen-bond acceptors (Lipinski definition) is 6. The molecule has 1 atom stereocenters. The summed E-state index contributed by atoms with van der Waals surface area (Å²) in [6.07, 6.45) is 32.9. The number of hydrogen-bond donors (Lipinski definition) is 1. The van der Waals surface area contributed by atoms with Gasteiger partial charge in [0.05, 0.1) is 0 Å². The second kappa shape index (κ2) is 30.5. The highest BCUT2D eigenvalue weighted by molar-refractivity contribution is 5.89. The van der Waals surface area contributed by atoms with Gasteiger partial charge < -0.3 is 14.6 Å². The molecule has 6 heteroatoms. The van der Waals surface area contributed by atoms with Crippen LogP contribution in [0.2, 0.25) is 0 Å². The van der Waals surface area contributed by atoms with E-state index in [4.69, 9.17) is 9.47 Å². The van der Waals surface area contributed by atoms with Gasteiger partial charge in [0.2, 0.25) is 0 Å². The van der Waals surface area contributed by atoms with Gasteiger partial charge in [-0.05, 0) is 44.6 Å². The van der Waals surface area contributed by atoms with Crippen LogP contribution in [0.3, 0.4) is 0 Å². The van der Waals surface area contributed by atoms with Gasteiger partial charge in [0.15, 0.2) is 5.78 Å². The van der Waals surface area contributed by atoms with E-state index in [-0.39, 0.29) is 37.4 Å². The van der Waals surface area contributed by atoms with E-state index in [1.807, 2.05) is 24.3 Å². The Morgan fingerprint density at radius 3 is 1.71 bits per heavy atom. The summed E-state index contributed by atoms with van der Waals surface area (Å²) in [5.41, 5.74) is 0. The van der Waals surface area contributed by atoms with E-state index >= 15 is 0 Å². The molecule has 6 nitrogen and oxygen atoms in total. The molecule has 0 rings (SSSR count). The molecule has 0 aliphatic rings. The maximum Gasteiger partial charge on any atom is 0.305 e. The lowest BCUT2D eigenvalue weighted by Gasteiger charge is -2.12. The van der Waals surface area contributed by atoms with Crippen molar-refractivity contribution in [2.45, 2.75) is 142 Å². The Balaban J connectivity index is 3.66. The van der Waals surface area contributed by atoms with E-state index in [0.29, 0.717) is 19.3 Å². The van der Waals surface area contributed by atoms with Crippen molar-refractivity contribution in [2.75, 3.05) is 13.2 Å². The summed E-state index contributed by atoms with van der Waals surface area (Å²) in [6, 6.07) is 0. The maximum atomic E-state index is 11.9. The fourth-order valence-corrected chi connectivity index (χ4v) is 4.03. The van der Waals surface area contributed by atoms with E-state index in [9.17, 15) is 19.5 Å². The van der Waals surface area contributed by atoms with E-state index in [0.717, 1.165) is 57.8 Å². The minimum atomic E-state index is -0.999. The van der Waals surface area contributed by atoms with Crippen molar-refractivity contribution in [3.8, 4) is 0 Å². The van der Waals surface area contributed by atoms with Gasteiger partial charge in [0, 0.05) is 19.3 Å². The first-order valence-corrected chi connectivity index (χ1v) is 16.1. The highest BCUT2D eigenvalue weighted by atomic mass is 16.6. The minimum Gasteiger partial charge on any atom is -0.463 e. The Bertz CT molecular complexity index is 765. The van der Waals surface area contributed by atoms with Crippen LogP contribution in [0.1, 0.15) is 136 Å². The second-order valence-corrected chi connectivity index (χ2v) is 10.6. The Hall–Kier alpha value is -2.47. The molecule has 0 aromatic carbocycles. The van der Waals surface area contributed by atoms with E-state index in [2.05, 4.69) is 32.1 Å². The van der Waals surface area contributed by atoms with Gasteiger partial charge in [-0.1, -0.05) is 121 Å². The van der Waals surface area contributed by atoms with E-state index in [1.165, 1.54) is 38.5 Å². The molecule has 0 bridgehead atoms. The maximum absolute atomic E-state index is 11.9. The summed E-state index contributed by atoms with van der Waals surface area (Å²) >= 11 is 0. The molecular weight excluding hydrogens is 516 g/mol. The lowest BCUT2D eigenvalue weighted by atomic mass is 10.1. The zero-order chi connectivity index (χ0) is 30.2. The van der Waals surface area contributed by atoms with Crippen LogP contribution in [0.25, 0.3) is 0 Å². The number of ether oxygens (including phenoxy) is 2. The first kappa shape index (κ1) is 38.5. The minimum absolute atomic E-state index is 0.148. The van der Waals surface area contributed by atoms with Crippen LogP contribution in [-0.4, -0.2) is 42.1 Å². The van der Waals surface area contributed by atoms with Gasteiger partial charge in [0.1, 0.15) is 19.3 Å². The summed E-state index contributed by atoms with van der Waals surface area (Å²) in [4.78, 5) is 35.3. The number of unbranched alkanes of at least 4 members (excludes halogenated alkanes) is 11. The smallest absolute Gasteiger partial charge is 0.305 e. The van der Waals surface area contributed by atoms with Gasteiger partial charge in [-0.2, -0.15) is 0 Å². The Morgan fingerprint density at radius 1 is 0.585 bits per heavy atom. The molecule has 0 spiro atoms. The quantitative estimate of drug-likeness (QED) is 0.0330. The fourth-order valence-electron chi connectivity index (χ4n) is 4.03. The second-order valence-electron chi connectivity index (χ2n) is 10.6. The summed E-state index contributed by atoms with van der Waals surface area (Å²) in [6.45, 7) is 4.04. The third kappa shape index (κ3) is 30.3. The number of aliphatic hydroxyl groups is 1. The van der Waals surface area contributed by atoms with Gasteiger partial charge in [0.25, 0.3) is 0 Å². The molecule has 0 heterocycles. The Morgan fingerprint density at radius 2 is 1.07 bits per heavy atom. The standard InChI is InChI=1S/C35H58O6/c1-3-5-7-8-9-13-17-20-24-28-34(38)40-30-33(37)31-41-35(39)29-25-21-18-15-12-10-11-14-16-19-23-27-32(36)26-22-6-4-2/h10-11,15-16,18-19,23,27,33,37H,3-9,12-14,17,20-22,24-26,28-31H2,1-2H3/b11-10-,18-15-,19-16-,27-23+/t33-/m0/s1. The number of carbonyl (C=O) groups is 3. The van der Waals surface area contributed by atoms with Crippen molar-refractivity contribution < 1.29 is 29.0 Å². The van der Waals surface area contributed by atoms with Gasteiger partial charge in [-0.15, -0.1) is 0 Å². The molecule has 0 aromatic heterocycles. The molecule has 0 saturated heterocycles. The van der Waals surface area contributed by atoms with Crippen molar-refractivity contribution in [2.24, 2.45) is 0 Å². The van der Waals surface area contributed by atoms with Crippen LogP contribution in [-0.2, 0) is 23.9 Å². The summed E-state index contributed by atoms with van der Waals surface area (Å²) in [7, 11) is 0. The van der Waals surface area contributed by atoms with E-state index < -0.39 is 6.10 Å². The van der Waals surface area contributed by atoms with Crippen molar-refractivity contribution >= 4 is 17.7 Å². The molecule has 0 aliphatic heterocycles. The first-order valence-electron chi connectivity index (χ1n) is 16.1. The third-order valence-electron chi connectivity index (χ3n) is 6.54. The molecule has 0 aliphatic carbocycles. The Kier molecular flexibility index (Phi) is 28.7. The Labute approximate surface area is 250 Å². The summed E-state index contributed by atoms with van der Waals surface area (Å²) in [5.74, 6) is -0.483. The fraction of sp³-hybridized carbons (Fsp3) is 0.686. The lowest BCUT2D eigenvalue weighted by molar-refractivity contribution is -0.152. The number of aliphatic hydroxyl groups excluding tert-OH is 1. The van der Waals surface area contributed by atoms with Crippen LogP contribution in [0.4, 0.5) is 0 Å². The first-order chi connectivity index (χ1) is 20.0. The van der Waals surface area contributed by atoms with E-state index in [1.54, 1.807) is 6.08 Å². The average molecular weight is 575 g/mol. The SMILES string of the molecule is CCCCCCCCCCCC(=O)OC[C@H](O)COC(=O)CCC/C=C\C/C=C\C/C=C\C=C\C(=O)CCCCC. The third-order valence-corrected chi connectivity index (χ3v) is 6.54. The van der Waals surface area contributed by atoms with Crippen LogP contribution in [0, 0.1) is 0 Å². The highest BCUT2D eigenvalue weighted by Crippen LogP contribution is 2.11. The number of carbonyl (C=O) groups excluding carboxylic acids is 3. The molecule has 234 valence electrons. The monoisotopic (exact) mass is 574 g/mol. The average Bonchev–Trinajstić information content (AvgIpc) is 2.96. The topological polar surface area (TPSA) is 89.9 Å². The molecule has 1 N–H and O–H groups in total. The summed E-state index contributed by atoms with van der Waals surface area (Å²) < 4.78 is 10.2. The van der Waals surface area contributed by atoms with Crippen LogP contribution < -0.4 is 0 Å². The number of esters is 2. The molecule has 0 saturated carbocycles. The molecule has 0 unspecified atom stereocenters. The number of allylic oxidation sites excluding steroid dienone is 8.